The summed E-state index contributed by atoms with van der Waals surface area (Å²) in [4.78, 5) is 26.2. The van der Waals surface area contributed by atoms with Crippen molar-refractivity contribution in [3.8, 4) is 22.9 Å². The lowest BCUT2D eigenvalue weighted by atomic mass is 9.93. The molecule has 0 atom stereocenters. The molecule has 0 unspecified atom stereocenters. The molecule has 30 heavy (non-hydrogen) atoms. The lowest BCUT2D eigenvalue weighted by molar-refractivity contribution is 0.201. The molecule has 0 bridgehead atoms. The minimum absolute atomic E-state index is 0.115. The molecule has 0 spiro atoms. The Labute approximate surface area is 175 Å². The summed E-state index contributed by atoms with van der Waals surface area (Å²) >= 11 is 0. The molecule has 0 saturated carbocycles. The number of hydrogen-bond acceptors (Lipinski definition) is 6. The molecule has 3 heterocycles. The summed E-state index contributed by atoms with van der Waals surface area (Å²) in [6.45, 7) is 2.67. The van der Waals surface area contributed by atoms with Gasteiger partial charge in [0.25, 0.3) is 5.56 Å². The Bertz CT molecular complexity index is 1040. The van der Waals surface area contributed by atoms with E-state index in [-0.39, 0.29) is 11.5 Å². The Balaban J connectivity index is 1.45. The minimum Gasteiger partial charge on any atom is -0.497 e. The third kappa shape index (κ3) is 4.52. The van der Waals surface area contributed by atoms with Crippen LogP contribution < -0.4 is 15.0 Å². The molecule has 0 radical (unpaired) electrons. The van der Waals surface area contributed by atoms with Crippen molar-refractivity contribution < 1.29 is 9.47 Å². The number of methoxy groups -OCH3 is 2. The highest BCUT2D eigenvalue weighted by molar-refractivity contribution is 5.53. The zero-order valence-corrected chi connectivity index (χ0v) is 17.3. The van der Waals surface area contributed by atoms with Gasteiger partial charge in [0.05, 0.1) is 19.9 Å². The number of likely N-dealkylation sites (tertiary alicyclic amines) is 1. The lowest BCUT2D eigenvalue weighted by Crippen LogP contribution is -2.33. The van der Waals surface area contributed by atoms with Crippen LogP contribution in [0.5, 0.6) is 11.5 Å². The first-order chi connectivity index (χ1) is 14.7. The van der Waals surface area contributed by atoms with Crippen LogP contribution in [0.3, 0.4) is 0 Å². The maximum absolute atomic E-state index is 12.2. The summed E-state index contributed by atoms with van der Waals surface area (Å²) in [5.74, 6) is 2.58. The van der Waals surface area contributed by atoms with Crippen molar-refractivity contribution in [1.29, 1.82) is 0 Å². The fourth-order valence-corrected chi connectivity index (χ4v) is 3.97. The van der Waals surface area contributed by atoms with Crippen LogP contribution in [0.1, 0.15) is 30.0 Å². The van der Waals surface area contributed by atoms with Crippen molar-refractivity contribution >= 4 is 0 Å². The molecule has 1 N–H and O–H groups in total. The highest BCUT2D eigenvalue weighted by Crippen LogP contribution is 2.30. The second kappa shape index (κ2) is 9.09. The molecule has 7 heteroatoms. The number of ether oxygens (including phenoxy) is 2. The summed E-state index contributed by atoms with van der Waals surface area (Å²) in [6, 6.07) is 11.2. The van der Waals surface area contributed by atoms with E-state index < -0.39 is 0 Å². The second-order valence-electron chi connectivity index (χ2n) is 7.48. The normalized spacial score (nSPS) is 15.1. The molecule has 7 nitrogen and oxygen atoms in total. The predicted molar refractivity (Wildman–Crippen MR) is 115 cm³/mol. The molecule has 1 aliphatic heterocycles. The second-order valence-corrected chi connectivity index (χ2v) is 7.48. The average Bonchev–Trinajstić information content (AvgIpc) is 2.79. The maximum Gasteiger partial charge on any atom is 0.251 e. The standard InChI is InChI=1S/C23H26N4O3/c1-29-19-3-4-21(30-2)18(13-19)15-27-11-7-16(8-12-27)20-14-22(28)26-23(25-20)17-5-9-24-10-6-17/h3-6,9-10,13-14,16H,7-8,11-12,15H2,1-2H3,(H,25,26,28). The molecule has 1 fully saturated rings. The lowest BCUT2D eigenvalue weighted by Gasteiger charge is -2.32. The summed E-state index contributed by atoms with van der Waals surface area (Å²) < 4.78 is 10.9. The molecular weight excluding hydrogens is 380 g/mol. The summed E-state index contributed by atoms with van der Waals surface area (Å²) in [5.41, 5.74) is 2.73. The van der Waals surface area contributed by atoms with Crippen LogP contribution in [-0.4, -0.2) is 47.2 Å². The van der Waals surface area contributed by atoms with Gasteiger partial charge in [0, 0.05) is 42.0 Å². The molecule has 1 aliphatic rings. The van der Waals surface area contributed by atoms with E-state index in [0.29, 0.717) is 5.82 Å². The van der Waals surface area contributed by atoms with Gasteiger partial charge in [0.2, 0.25) is 0 Å². The fourth-order valence-electron chi connectivity index (χ4n) is 3.97. The van der Waals surface area contributed by atoms with Crippen LogP contribution in [0, 0.1) is 0 Å². The van der Waals surface area contributed by atoms with Crippen molar-refractivity contribution in [2.45, 2.75) is 25.3 Å². The topological polar surface area (TPSA) is 80.3 Å². The van der Waals surface area contributed by atoms with E-state index in [2.05, 4.69) is 14.9 Å². The Hall–Kier alpha value is -3.19. The average molecular weight is 406 g/mol. The van der Waals surface area contributed by atoms with Gasteiger partial charge in [-0.3, -0.25) is 14.7 Å². The van der Waals surface area contributed by atoms with Gasteiger partial charge < -0.3 is 14.5 Å². The van der Waals surface area contributed by atoms with Gasteiger partial charge in [-0.1, -0.05) is 0 Å². The highest BCUT2D eigenvalue weighted by atomic mass is 16.5. The maximum atomic E-state index is 12.2. The zero-order chi connectivity index (χ0) is 20.9. The van der Waals surface area contributed by atoms with Gasteiger partial charge in [0.1, 0.15) is 17.3 Å². The van der Waals surface area contributed by atoms with E-state index in [9.17, 15) is 4.79 Å². The molecule has 156 valence electrons. The third-order valence-corrected chi connectivity index (χ3v) is 5.60. The number of aromatic nitrogens is 3. The van der Waals surface area contributed by atoms with Crippen LogP contribution in [-0.2, 0) is 6.54 Å². The number of aromatic amines is 1. The summed E-state index contributed by atoms with van der Waals surface area (Å²) in [7, 11) is 3.36. The van der Waals surface area contributed by atoms with Gasteiger partial charge in [-0.25, -0.2) is 4.98 Å². The first-order valence-corrected chi connectivity index (χ1v) is 10.1. The van der Waals surface area contributed by atoms with E-state index in [4.69, 9.17) is 14.5 Å². The first kappa shape index (κ1) is 20.1. The van der Waals surface area contributed by atoms with Crippen LogP contribution in [0.15, 0.2) is 53.6 Å². The smallest absolute Gasteiger partial charge is 0.251 e. The monoisotopic (exact) mass is 406 g/mol. The number of nitrogens with one attached hydrogen (secondary N) is 1. The Morgan fingerprint density at radius 2 is 1.83 bits per heavy atom. The van der Waals surface area contributed by atoms with Gasteiger partial charge in [0.15, 0.2) is 0 Å². The van der Waals surface area contributed by atoms with Crippen molar-refractivity contribution in [2.24, 2.45) is 0 Å². The Kier molecular flexibility index (Phi) is 6.09. The highest BCUT2D eigenvalue weighted by Gasteiger charge is 2.23. The molecular formula is C23H26N4O3. The number of pyridine rings is 1. The molecule has 4 rings (SSSR count). The molecule has 1 aromatic carbocycles. The Morgan fingerprint density at radius 3 is 2.53 bits per heavy atom. The minimum atomic E-state index is -0.115. The molecule has 2 aromatic heterocycles. The zero-order valence-electron chi connectivity index (χ0n) is 17.3. The van der Waals surface area contributed by atoms with Gasteiger partial charge in [-0.15, -0.1) is 0 Å². The van der Waals surface area contributed by atoms with E-state index in [0.717, 1.165) is 60.8 Å². The third-order valence-electron chi connectivity index (χ3n) is 5.60. The van der Waals surface area contributed by atoms with Crippen LogP contribution in [0.4, 0.5) is 0 Å². The van der Waals surface area contributed by atoms with Crippen molar-refractivity contribution in [3.05, 3.63) is 70.4 Å². The largest absolute Gasteiger partial charge is 0.497 e. The van der Waals surface area contributed by atoms with Gasteiger partial charge >= 0.3 is 0 Å². The van der Waals surface area contributed by atoms with E-state index in [1.165, 1.54) is 0 Å². The number of benzene rings is 1. The van der Waals surface area contributed by atoms with Crippen LogP contribution in [0.25, 0.3) is 11.4 Å². The SMILES string of the molecule is COc1ccc(OC)c(CN2CCC(c3cc(=O)[nH]c(-c4ccncc4)n3)CC2)c1. The number of piperidine rings is 1. The van der Waals surface area contributed by atoms with Crippen molar-refractivity contribution in [3.63, 3.8) is 0 Å². The van der Waals surface area contributed by atoms with Gasteiger partial charge in [-0.2, -0.15) is 0 Å². The van der Waals surface area contributed by atoms with Gasteiger partial charge in [-0.05, 0) is 56.3 Å². The predicted octanol–water partition coefficient (Wildman–Crippen LogP) is 3.23. The molecule has 0 aliphatic carbocycles. The van der Waals surface area contributed by atoms with E-state index in [1.54, 1.807) is 32.7 Å². The molecule has 3 aromatic rings. The first-order valence-electron chi connectivity index (χ1n) is 10.1. The van der Waals surface area contributed by atoms with E-state index >= 15 is 0 Å². The van der Waals surface area contributed by atoms with Crippen LogP contribution >= 0.6 is 0 Å². The Morgan fingerprint density at radius 1 is 1.07 bits per heavy atom. The van der Waals surface area contributed by atoms with Crippen molar-refractivity contribution in [2.75, 3.05) is 27.3 Å². The van der Waals surface area contributed by atoms with Crippen LogP contribution in [0.2, 0.25) is 0 Å². The van der Waals surface area contributed by atoms with E-state index in [1.807, 2.05) is 30.3 Å². The number of nitrogens with zero attached hydrogens (tertiary/aromatic N) is 3. The molecule has 1 saturated heterocycles. The summed E-state index contributed by atoms with van der Waals surface area (Å²) in [5, 5.41) is 0. The molecule has 0 amide bonds. The number of rotatable bonds is 6. The number of hydrogen-bond donors (Lipinski definition) is 1. The fraction of sp³-hybridized carbons (Fsp3) is 0.348. The van der Waals surface area contributed by atoms with Crippen molar-refractivity contribution in [1.82, 2.24) is 19.9 Å². The quantitative estimate of drug-likeness (QED) is 0.677. The number of H-pyrrole nitrogens is 1. The summed E-state index contributed by atoms with van der Waals surface area (Å²) in [6.07, 6.45) is 5.32.